The Hall–Kier alpha value is -3.17. The second-order valence-corrected chi connectivity index (χ2v) is 10.8. The van der Waals surface area contributed by atoms with Gasteiger partial charge in [0.25, 0.3) is 5.91 Å². The van der Waals surface area contributed by atoms with Crippen molar-refractivity contribution in [3.63, 3.8) is 0 Å². The van der Waals surface area contributed by atoms with E-state index in [1.54, 1.807) is 24.3 Å². The van der Waals surface area contributed by atoms with Crippen molar-refractivity contribution in [2.75, 3.05) is 23.0 Å². The van der Waals surface area contributed by atoms with Gasteiger partial charge in [-0.2, -0.15) is 0 Å². The number of aryl methyl sites for hydroxylation is 1. The average molecular weight is 485 g/mol. The molecule has 1 heterocycles. The number of fused-ring (bicyclic) bond motifs is 1. The first kappa shape index (κ1) is 23.0. The number of hydrogen-bond acceptors (Lipinski definition) is 6. The van der Waals surface area contributed by atoms with Gasteiger partial charge in [0.15, 0.2) is 0 Å². The highest BCUT2D eigenvalue weighted by molar-refractivity contribution is 7.92. The summed E-state index contributed by atoms with van der Waals surface area (Å²) in [6, 6.07) is 15.7. The minimum Gasteiger partial charge on any atom is -0.465 e. The molecule has 7 nitrogen and oxygen atoms in total. The van der Waals surface area contributed by atoms with Crippen molar-refractivity contribution >= 4 is 43.9 Å². The molecule has 0 spiro atoms. The summed E-state index contributed by atoms with van der Waals surface area (Å²) in [5.74, 6) is -0.828. The maximum Gasteiger partial charge on any atom is 0.341 e. The van der Waals surface area contributed by atoms with Gasteiger partial charge in [-0.1, -0.05) is 30.3 Å². The Bertz CT molecular complexity index is 1280. The molecule has 1 aliphatic rings. The number of methoxy groups -OCH3 is 1. The fourth-order valence-corrected chi connectivity index (χ4v) is 6.07. The third-order valence-electron chi connectivity index (χ3n) is 5.52. The Balaban J connectivity index is 1.56. The van der Waals surface area contributed by atoms with Crippen molar-refractivity contribution in [2.24, 2.45) is 0 Å². The molecule has 0 fully saturated rings. The molecule has 0 saturated carbocycles. The second kappa shape index (κ2) is 9.36. The van der Waals surface area contributed by atoms with Gasteiger partial charge in [-0.3, -0.25) is 9.10 Å². The Kier molecular flexibility index (Phi) is 6.53. The zero-order valence-corrected chi connectivity index (χ0v) is 20.0. The molecular weight excluding hydrogens is 460 g/mol. The van der Waals surface area contributed by atoms with Crippen LogP contribution in [0.2, 0.25) is 0 Å². The van der Waals surface area contributed by atoms with Crippen LogP contribution in [0.3, 0.4) is 0 Å². The van der Waals surface area contributed by atoms with E-state index in [2.05, 4.69) is 5.32 Å². The summed E-state index contributed by atoms with van der Waals surface area (Å²) in [5, 5.41) is 3.33. The normalized spacial score (nSPS) is 12.8. The third-order valence-corrected chi connectivity index (χ3v) is 7.87. The van der Waals surface area contributed by atoms with Crippen LogP contribution in [0.25, 0.3) is 0 Å². The molecule has 4 rings (SSSR count). The van der Waals surface area contributed by atoms with Gasteiger partial charge in [-0.15, -0.1) is 11.3 Å². The van der Waals surface area contributed by atoms with E-state index < -0.39 is 16.0 Å². The van der Waals surface area contributed by atoms with Gasteiger partial charge in [-0.05, 0) is 54.7 Å². The average Bonchev–Trinajstić information content (AvgIpc) is 3.38. The molecule has 0 bridgehead atoms. The summed E-state index contributed by atoms with van der Waals surface area (Å²) < 4.78 is 31.0. The van der Waals surface area contributed by atoms with Gasteiger partial charge in [0, 0.05) is 10.4 Å². The number of thiophene rings is 1. The number of ether oxygens (including phenoxy) is 1. The van der Waals surface area contributed by atoms with E-state index in [1.165, 1.54) is 22.8 Å². The van der Waals surface area contributed by atoms with E-state index in [9.17, 15) is 18.0 Å². The molecule has 0 aliphatic heterocycles. The van der Waals surface area contributed by atoms with Crippen molar-refractivity contribution in [2.45, 2.75) is 25.8 Å². The van der Waals surface area contributed by atoms with Crippen LogP contribution in [0.5, 0.6) is 0 Å². The van der Waals surface area contributed by atoms with E-state index in [4.69, 9.17) is 4.74 Å². The number of rotatable bonds is 7. The number of sulfonamides is 1. The number of hydrogen-bond donors (Lipinski definition) is 1. The lowest BCUT2D eigenvalue weighted by atomic mass is 10.1. The number of esters is 1. The van der Waals surface area contributed by atoms with Crippen LogP contribution in [0.4, 0.5) is 10.7 Å². The van der Waals surface area contributed by atoms with Gasteiger partial charge in [-0.25, -0.2) is 13.2 Å². The van der Waals surface area contributed by atoms with E-state index in [-0.39, 0.29) is 12.5 Å². The Morgan fingerprint density at radius 1 is 1.06 bits per heavy atom. The lowest BCUT2D eigenvalue weighted by molar-refractivity contribution is 0.0601. The Labute approximate surface area is 197 Å². The standard InChI is InChI=1S/C24H24N2O5S2/c1-31-24(28)21-19-9-6-10-20(19)32-23(21)25-22(27)17-11-13-18(14-12-17)26(33(2,29)30)15-16-7-4-3-5-8-16/h3-5,7-8,11-14H,6,9-10,15H2,1-2H3,(H,25,27). The third kappa shape index (κ3) is 4.94. The predicted octanol–water partition coefficient (Wildman–Crippen LogP) is 4.24. The largest absolute Gasteiger partial charge is 0.465 e. The minimum atomic E-state index is -3.53. The van der Waals surface area contributed by atoms with Gasteiger partial charge in [0.05, 0.1) is 31.2 Å². The van der Waals surface area contributed by atoms with E-state index in [0.29, 0.717) is 21.8 Å². The number of nitrogens with zero attached hydrogens (tertiary/aromatic N) is 1. The van der Waals surface area contributed by atoms with Crippen LogP contribution >= 0.6 is 11.3 Å². The van der Waals surface area contributed by atoms with E-state index in [1.807, 2.05) is 30.3 Å². The second-order valence-electron chi connectivity index (χ2n) is 7.81. The molecule has 172 valence electrons. The summed E-state index contributed by atoms with van der Waals surface area (Å²) in [6.07, 6.45) is 3.82. The first-order valence-corrected chi connectivity index (χ1v) is 13.1. The van der Waals surface area contributed by atoms with Crippen LogP contribution < -0.4 is 9.62 Å². The highest BCUT2D eigenvalue weighted by Gasteiger charge is 2.28. The molecule has 33 heavy (non-hydrogen) atoms. The SMILES string of the molecule is COC(=O)c1c(NC(=O)c2ccc(N(Cc3ccccc3)S(C)(=O)=O)cc2)sc2c1CCC2. The lowest BCUT2D eigenvalue weighted by Gasteiger charge is -2.22. The van der Waals surface area contributed by atoms with Crippen molar-refractivity contribution in [3.8, 4) is 0 Å². The highest BCUT2D eigenvalue weighted by atomic mass is 32.2. The van der Waals surface area contributed by atoms with Crippen LogP contribution in [-0.4, -0.2) is 33.7 Å². The van der Waals surface area contributed by atoms with Crippen LogP contribution in [-0.2, 0) is 34.1 Å². The van der Waals surface area contributed by atoms with E-state index >= 15 is 0 Å². The Morgan fingerprint density at radius 3 is 2.39 bits per heavy atom. The smallest absolute Gasteiger partial charge is 0.341 e. The number of anilines is 2. The summed E-state index contributed by atoms with van der Waals surface area (Å²) >= 11 is 1.41. The Morgan fingerprint density at radius 2 is 1.76 bits per heavy atom. The predicted molar refractivity (Wildman–Crippen MR) is 130 cm³/mol. The molecule has 1 aliphatic carbocycles. The van der Waals surface area contributed by atoms with Gasteiger partial charge in [0.1, 0.15) is 5.00 Å². The molecule has 9 heteroatoms. The fourth-order valence-electron chi connectivity index (χ4n) is 3.91. The minimum absolute atomic E-state index is 0.189. The summed E-state index contributed by atoms with van der Waals surface area (Å²) in [6.45, 7) is 0.189. The maximum atomic E-state index is 12.9. The molecule has 0 atom stereocenters. The monoisotopic (exact) mass is 484 g/mol. The zero-order valence-electron chi connectivity index (χ0n) is 18.3. The molecule has 0 saturated heterocycles. The molecule has 1 N–H and O–H groups in total. The molecular formula is C24H24N2O5S2. The number of benzene rings is 2. The van der Waals surface area contributed by atoms with Crippen LogP contribution in [0.1, 0.15) is 43.1 Å². The number of amides is 1. The quantitative estimate of drug-likeness (QED) is 0.507. The fraction of sp³-hybridized carbons (Fsp3) is 0.250. The van der Waals surface area contributed by atoms with Gasteiger partial charge < -0.3 is 10.1 Å². The lowest BCUT2D eigenvalue weighted by Crippen LogP contribution is -2.29. The number of carbonyl (C=O) groups is 2. The van der Waals surface area contributed by atoms with Crippen LogP contribution in [0, 0.1) is 0 Å². The van der Waals surface area contributed by atoms with Crippen molar-refractivity contribution in [3.05, 3.63) is 81.7 Å². The van der Waals surface area contributed by atoms with Crippen molar-refractivity contribution < 1.29 is 22.7 Å². The molecule has 3 aromatic rings. The van der Waals surface area contributed by atoms with Crippen molar-refractivity contribution in [1.29, 1.82) is 0 Å². The maximum absolute atomic E-state index is 12.9. The number of nitrogens with one attached hydrogen (secondary N) is 1. The zero-order chi connectivity index (χ0) is 23.6. The molecule has 1 amide bonds. The summed E-state index contributed by atoms with van der Waals surface area (Å²) in [7, 11) is -2.20. The van der Waals surface area contributed by atoms with Crippen molar-refractivity contribution in [1.82, 2.24) is 0 Å². The van der Waals surface area contributed by atoms with Gasteiger partial charge in [0.2, 0.25) is 10.0 Å². The summed E-state index contributed by atoms with van der Waals surface area (Å²) in [4.78, 5) is 26.3. The first-order chi connectivity index (χ1) is 15.8. The highest BCUT2D eigenvalue weighted by Crippen LogP contribution is 2.39. The molecule has 0 unspecified atom stereocenters. The number of carbonyl (C=O) groups excluding carboxylic acids is 2. The first-order valence-electron chi connectivity index (χ1n) is 10.4. The topological polar surface area (TPSA) is 92.8 Å². The van der Waals surface area contributed by atoms with Crippen LogP contribution in [0.15, 0.2) is 54.6 Å². The molecule has 0 radical (unpaired) electrons. The van der Waals surface area contributed by atoms with E-state index in [0.717, 1.165) is 41.5 Å². The van der Waals surface area contributed by atoms with Gasteiger partial charge >= 0.3 is 5.97 Å². The molecule has 1 aromatic heterocycles. The molecule has 2 aromatic carbocycles. The summed E-state index contributed by atoms with van der Waals surface area (Å²) in [5.41, 5.74) is 3.07.